The lowest BCUT2D eigenvalue weighted by Crippen LogP contribution is -2.23. The second-order valence-electron chi connectivity index (χ2n) is 4.72. The van der Waals surface area contributed by atoms with E-state index in [1.807, 2.05) is 0 Å². The molecule has 0 amide bonds. The second kappa shape index (κ2) is 4.78. The van der Waals surface area contributed by atoms with E-state index in [1.54, 1.807) is 13.8 Å². The van der Waals surface area contributed by atoms with Crippen LogP contribution >= 0.6 is 0 Å². The van der Waals surface area contributed by atoms with Crippen molar-refractivity contribution in [1.29, 1.82) is 0 Å². The van der Waals surface area contributed by atoms with E-state index in [9.17, 15) is 4.79 Å². The van der Waals surface area contributed by atoms with Gasteiger partial charge < -0.3 is 9.84 Å². The maximum Gasteiger partial charge on any atom is 0.309 e. The molecule has 3 heteroatoms. The molecule has 0 aliphatic carbocycles. The van der Waals surface area contributed by atoms with Crippen LogP contribution in [-0.4, -0.2) is 23.8 Å². The van der Waals surface area contributed by atoms with Gasteiger partial charge in [-0.1, -0.05) is 0 Å². The number of hydrogen-bond acceptors (Lipinski definition) is 2. The third-order valence-corrected chi connectivity index (χ3v) is 2.93. The smallest absolute Gasteiger partial charge is 0.309 e. The van der Waals surface area contributed by atoms with Crippen LogP contribution in [0.1, 0.15) is 46.0 Å². The minimum absolute atomic E-state index is 0.389. The lowest BCUT2D eigenvalue weighted by Gasteiger charge is -2.19. The summed E-state index contributed by atoms with van der Waals surface area (Å²) in [6.45, 7) is 4.45. The quantitative estimate of drug-likeness (QED) is 0.741. The van der Waals surface area contributed by atoms with Gasteiger partial charge in [-0.25, -0.2) is 0 Å². The Balaban J connectivity index is 2.16. The second-order valence-corrected chi connectivity index (χ2v) is 4.72. The van der Waals surface area contributed by atoms with Crippen molar-refractivity contribution in [3.05, 3.63) is 0 Å². The molecular weight excluding hydrogens is 180 g/mol. The van der Waals surface area contributed by atoms with Crippen molar-refractivity contribution >= 4 is 5.97 Å². The SMILES string of the molecule is CC(C)(CCCC1CCCO1)C(=O)O. The first kappa shape index (κ1) is 11.5. The third-order valence-electron chi connectivity index (χ3n) is 2.93. The first-order chi connectivity index (χ1) is 6.52. The highest BCUT2D eigenvalue weighted by molar-refractivity contribution is 5.73. The van der Waals surface area contributed by atoms with Gasteiger partial charge in [0.05, 0.1) is 11.5 Å². The molecular formula is C11H20O3. The standard InChI is InChI=1S/C11H20O3/c1-11(2,10(12)13)7-3-5-9-6-4-8-14-9/h9H,3-8H2,1-2H3,(H,12,13). The van der Waals surface area contributed by atoms with Crippen LogP contribution in [0.4, 0.5) is 0 Å². The summed E-state index contributed by atoms with van der Waals surface area (Å²) in [5, 5.41) is 8.90. The average molecular weight is 200 g/mol. The zero-order valence-corrected chi connectivity index (χ0v) is 9.08. The highest BCUT2D eigenvalue weighted by atomic mass is 16.5. The molecule has 1 aliphatic heterocycles. The van der Waals surface area contributed by atoms with Crippen molar-refractivity contribution in [2.45, 2.75) is 52.1 Å². The molecule has 1 aliphatic rings. The van der Waals surface area contributed by atoms with Crippen LogP contribution < -0.4 is 0 Å². The van der Waals surface area contributed by atoms with Crippen LogP contribution in [0.2, 0.25) is 0 Å². The van der Waals surface area contributed by atoms with Crippen molar-refractivity contribution in [3.63, 3.8) is 0 Å². The Morgan fingerprint density at radius 3 is 2.79 bits per heavy atom. The highest BCUT2D eigenvalue weighted by Crippen LogP contribution is 2.26. The van der Waals surface area contributed by atoms with Gasteiger partial charge in [0.15, 0.2) is 0 Å². The molecule has 1 N–H and O–H groups in total. The fraction of sp³-hybridized carbons (Fsp3) is 0.909. The number of hydrogen-bond donors (Lipinski definition) is 1. The van der Waals surface area contributed by atoms with E-state index in [0.717, 1.165) is 38.7 Å². The number of carboxylic acids is 1. The summed E-state index contributed by atoms with van der Waals surface area (Å²) in [5.41, 5.74) is -0.585. The molecule has 0 aromatic rings. The summed E-state index contributed by atoms with van der Waals surface area (Å²) in [4.78, 5) is 10.8. The van der Waals surface area contributed by atoms with Gasteiger partial charge in [0, 0.05) is 6.61 Å². The Morgan fingerprint density at radius 1 is 1.57 bits per heavy atom. The molecule has 0 aromatic carbocycles. The molecule has 0 spiro atoms. The lowest BCUT2D eigenvalue weighted by atomic mass is 9.87. The zero-order chi connectivity index (χ0) is 10.6. The average Bonchev–Trinajstić information content (AvgIpc) is 2.56. The Hall–Kier alpha value is -0.570. The molecule has 1 rings (SSSR count). The summed E-state index contributed by atoms with van der Waals surface area (Å²) < 4.78 is 5.48. The predicted octanol–water partition coefficient (Wildman–Crippen LogP) is 2.45. The predicted molar refractivity (Wildman–Crippen MR) is 54.2 cm³/mol. The van der Waals surface area contributed by atoms with E-state index in [0.29, 0.717) is 6.10 Å². The maximum atomic E-state index is 10.8. The number of aliphatic carboxylic acids is 1. The Bertz CT molecular complexity index is 193. The molecule has 0 radical (unpaired) electrons. The number of carbonyl (C=O) groups is 1. The molecule has 0 bridgehead atoms. The number of carboxylic acid groups (broad SMARTS) is 1. The van der Waals surface area contributed by atoms with Gasteiger partial charge in [-0.15, -0.1) is 0 Å². The van der Waals surface area contributed by atoms with Crippen molar-refractivity contribution in [1.82, 2.24) is 0 Å². The fourth-order valence-corrected chi connectivity index (χ4v) is 1.75. The van der Waals surface area contributed by atoms with E-state index in [4.69, 9.17) is 9.84 Å². The molecule has 1 atom stereocenters. The van der Waals surface area contributed by atoms with Crippen LogP contribution in [0.25, 0.3) is 0 Å². The minimum Gasteiger partial charge on any atom is -0.481 e. The van der Waals surface area contributed by atoms with E-state index in [2.05, 4.69) is 0 Å². The van der Waals surface area contributed by atoms with E-state index in [-0.39, 0.29) is 0 Å². The molecule has 3 nitrogen and oxygen atoms in total. The minimum atomic E-state index is -0.704. The van der Waals surface area contributed by atoms with E-state index >= 15 is 0 Å². The first-order valence-corrected chi connectivity index (χ1v) is 5.37. The van der Waals surface area contributed by atoms with Gasteiger partial charge in [-0.05, 0) is 46.0 Å². The number of ether oxygens (including phenoxy) is 1. The lowest BCUT2D eigenvalue weighted by molar-refractivity contribution is -0.147. The summed E-state index contributed by atoms with van der Waals surface area (Å²) in [5.74, 6) is -0.704. The molecule has 0 aromatic heterocycles. The number of rotatable bonds is 5. The van der Waals surface area contributed by atoms with Crippen LogP contribution in [0.5, 0.6) is 0 Å². The van der Waals surface area contributed by atoms with E-state index in [1.165, 1.54) is 0 Å². The van der Waals surface area contributed by atoms with Gasteiger partial charge in [0.2, 0.25) is 0 Å². The summed E-state index contributed by atoms with van der Waals surface area (Å²) >= 11 is 0. The van der Waals surface area contributed by atoms with Crippen molar-refractivity contribution in [2.24, 2.45) is 5.41 Å². The monoisotopic (exact) mass is 200 g/mol. The largest absolute Gasteiger partial charge is 0.481 e. The molecule has 1 saturated heterocycles. The molecule has 1 unspecified atom stereocenters. The maximum absolute atomic E-state index is 10.8. The molecule has 14 heavy (non-hydrogen) atoms. The topological polar surface area (TPSA) is 46.5 Å². The van der Waals surface area contributed by atoms with Crippen molar-refractivity contribution in [3.8, 4) is 0 Å². The van der Waals surface area contributed by atoms with Crippen LogP contribution in [0, 0.1) is 5.41 Å². The third kappa shape index (κ3) is 3.29. The van der Waals surface area contributed by atoms with Gasteiger partial charge in [-0.3, -0.25) is 4.79 Å². The molecule has 1 heterocycles. The molecule has 1 fully saturated rings. The summed E-state index contributed by atoms with van der Waals surface area (Å²) in [6, 6.07) is 0. The van der Waals surface area contributed by atoms with Crippen LogP contribution in [-0.2, 0) is 9.53 Å². The van der Waals surface area contributed by atoms with Crippen LogP contribution in [0.15, 0.2) is 0 Å². The van der Waals surface area contributed by atoms with Gasteiger partial charge in [0.25, 0.3) is 0 Å². The fourth-order valence-electron chi connectivity index (χ4n) is 1.75. The van der Waals surface area contributed by atoms with Crippen molar-refractivity contribution in [2.75, 3.05) is 6.61 Å². The Labute approximate surface area is 85.5 Å². The highest BCUT2D eigenvalue weighted by Gasteiger charge is 2.27. The van der Waals surface area contributed by atoms with E-state index < -0.39 is 11.4 Å². The summed E-state index contributed by atoms with van der Waals surface area (Å²) in [7, 11) is 0. The zero-order valence-electron chi connectivity index (χ0n) is 9.08. The van der Waals surface area contributed by atoms with Gasteiger partial charge >= 0.3 is 5.97 Å². The van der Waals surface area contributed by atoms with Gasteiger partial charge in [0.1, 0.15) is 0 Å². The first-order valence-electron chi connectivity index (χ1n) is 5.37. The van der Waals surface area contributed by atoms with Crippen molar-refractivity contribution < 1.29 is 14.6 Å². The van der Waals surface area contributed by atoms with Gasteiger partial charge in [-0.2, -0.15) is 0 Å². The Kier molecular flexibility index (Phi) is 3.93. The van der Waals surface area contributed by atoms with Crippen LogP contribution in [0.3, 0.4) is 0 Å². The molecule has 0 saturated carbocycles. The Morgan fingerprint density at radius 2 is 2.29 bits per heavy atom. The molecule has 82 valence electrons. The normalized spacial score (nSPS) is 22.6. The summed E-state index contributed by atoms with van der Waals surface area (Å²) in [6.07, 6.45) is 5.39.